The summed E-state index contributed by atoms with van der Waals surface area (Å²) in [7, 11) is -0.346. The highest BCUT2D eigenvalue weighted by Crippen LogP contribution is 2.60. The van der Waals surface area contributed by atoms with Gasteiger partial charge in [-0.15, -0.1) is 0 Å². The van der Waals surface area contributed by atoms with Crippen LogP contribution in [0.4, 0.5) is 5.69 Å². The van der Waals surface area contributed by atoms with Crippen LogP contribution in [0.25, 0.3) is 0 Å². The molecule has 3 nitrogen and oxygen atoms in total. The lowest BCUT2D eigenvalue weighted by atomic mass is 9.41. The lowest BCUT2D eigenvalue weighted by Crippen LogP contribution is -2.77. The zero-order valence-corrected chi connectivity index (χ0v) is 24.1. The third-order valence-corrected chi connectivity index (χ3v) is 8.54. The van der Waals surface area contributed by atoms with Crippen LogP contribution in [0.5, 0.6) is 11.5 Å². The Kier molecular flexibility index (Phi) is 6.17. The maximum Gasteiger partial charge on any atom is 0.535 e. The molecule has 0 spiro atoms. The van der Waals surface area contributed by atoms with Crippen LogP contribution in [-0.4, -0.2) is 12.6 Å². The molecule has 0 saturated carbocycles. The Balaban J connectivity index is 1.86. The number of aryl methyl sites for hydroxylation is 1. The van der Waals surface area contributed by atoms with Crippen molar-refractivity contribution in [2.24, 2.45) is 5.41 Å². The quantitative estimate of drug-likeness (QED) is 0.338. The molecular weight excluding hydrogens is 453 g/mol. The monoisotopic (exact) mass is 495 g/mol. The first kappa shape index (κ1) is 25.8. The van der Waals surface area contributed by atoms with Gasteiger partial charge in [0.15, 0.2) is 11.2 Å². The van der Waals surface area contributed by atoms with Gasteiger partial charge in [-0.3, -0.25) is 0 Å². The van der Waals surface area contributed by atoms with Gasteiger partial charge in [-0.1, -0.05) is 102 Å². The average molecular weight is 496 g/mol. The van der Waals surface area contributed by atoms with Gasteiger partial charge in [0.2, 0.25) is 0 Å². The SMILES string of the molecule is Cc1ccc([C@@]23Oc4ccccc4OB2N(c2c(C(C)C)cccc2C(C)C)C(C)(C)CC3(C)C)cc1. The van der Waals surface area contributed by atoms with E-state index in [0.29, 0.717) is 11.8 Å². The third-order valence-electron chi connectivity index (χ3n) is 8.54. The first-order valence-electron chi connectivity index (χ1n) is 13.8. The van der Waals surface area contributed by atoms with Gasteiger partial charge in [0.1, 0.15) is 5.75 Å². The van der Waals surface area contributed by atoms with Crippen LogP contribution in [0, 0.1) is 12.3 Å². The maximum absolute atomic E-state index is 7.24. The Morgan fingerprint density at radius 2 is 1.32 bits per heavy atom. The molecule has 2 aliphatic heterocycles. The molecule has 2 heterocycles. The fourth-order valence-corrected chi connectivity index (χ4v) is 6.98. The highest BCUT2D eigenvalue weighted by molar-refractivity contribution is 6.62. The molecule has 0 aromatic heterocycles. The Bertz CT molecular complexity index is 1270. The van der Waals surface area contributed by atoms with Crippen molar-refractivity contribution in [2.45, 2.75) is 91.6 Å². The zero-order chi connectivity index (χ0) is 26.8. The van der Waals surface area contributed by atoms with Gasteiger partial charge in [-0.25, -0.2) is 0 Å². The fourth-order valence-electron chi connectivity index (χ4n) is 6.98. The maximum atomic E-state index is 7.24. The molecule has 0 aliphatic carbocycles. The number of fused-ring (bicyclic) bond motifs is 2. The van der Waals surface area contributed by atoms with E-state index in [4.69, 9.17) is 9.39 Å². The Morgan fingerprint density at radius 3 is 1.89 bits per heavy atom. The van der Waals surface area contributed by atoms with Gasteiger partial charge in [0.25, 0.3) is 0 Å². The molecule has 0 bridgehead atoms. The first-order chi connectivity index (χ1) is 17.4. The number of hydrogen-bond donors (Lipinski definition) is 0. The van der Waals surface area contributed by atoms with E-state index >= 15 is 0 Å². The number of nitrogens with zero attached hydrogens (tertiary/aromatic N) is 1. The van der Waals surface area contributed by atoms with Crippen LogP contribution in [0.15, 0.2) is 66.7 Å². The number of anilines is 1. The molecule has 3 aromatic carbocycles. The minimum atomic E-state index is -0.705. The molecule has 3 aromatic rings. The highest BCUT2D eigenvalue weighted by atomic mass is 16.6. The summed E-state index contributed by atoms with van der Waals surface area (Å²) in [5.74, 6) is 2.38. The van der Waals surface area contributed by atoms with Gasteiger partial charge in [-0.05, 0) is 67.9 Å². The molecule has 2 aliphatic rings. The van der Waals surface area contributed by atoms with Crippen molar-refractivity contribution in [1.29, 1.82) is 0 Å². The van der Waals surface area contributed by atoms with E-state index in [0.717, 1.165) is 23.5 Å². The van der Waals surface area contributed by atoms with Crippen LogP contribution < -0.4 is 14.2 Å². The molecule has 0 amide bonds. The third kappa shape index (κ3) is 3.95. The minimum absolute atomic E-state index is 0.174. The smallest absolute Gasteiger partial charge is 0.535 e. The number of para-hydroxylation sites is 3. The number of ether oxygens (including phenoxy) is 1. The van der Waals surface area contributed by atoms with Crippen molar-refractivity contribution in [3.8, 4) is 11.5 Å². The predicted octanol–water partition coefficient (Wildman–Crippen LogP) is 8.65. The molecule has 1 fully saturated rings. The van der Waals surface area contributed by atoms with Crippen LogP contribution in [0.2, 0.25) is 0 Å². The summed E-state index contributed by atoms with van der Waals surface area (Å²) in [5, 5.41) is 0. The van der Waals surface area contributed by atoms with Gasteiger partial charge >= 0.3 is 7.05 Å². The molecule has 0 N–H and O–H groups in total. The van der Waals surface area contributed by atoms with Crippen molar-refractivity contribution in [3.05, 3.63) is 89.0 Å². The molecule has 1 atom stereocenters. The lowest BCUT2D eigenvalue weighted by Gasteiger charge is -2.63. The summed E-state index contributed by atoms with van der Waals surface area (Å²) < 4.78 is 14.4. The highest BCUT2D eigenvalue weighted by Gasteiger charge is 2.70. The normalized spacial score (nSPS) is 21.8. The van der Waals surface area contributed by atoms with E-state index in [1.807, 2.05) is 24.3 Å². The molecule has 1 saturated heterocycles. The van der Waals surface area contributed by atoms with Crippen LogP contribution in [0.1, 0.15) is 95.9 Å². The van der Waals surface area contributed by atoms with E-state index in [-0.39, 0.29) is 18.0 Å². The molecule has 4 heteroatoms. The molecule has 37 heavy (non-hydrogen) atoms. The van der Waals surface area contributed by atoms with E-state index < -0.39 is 5.50 Å². The summed E-state index contributed by atoms with van der Waals surface area (Å²) in [6.07, 6.45) is 0.944. The Morgan fingerprint density at radius 1 is 0.757 bits per heavy atom. The summed E-state index contributed by atoms with van der Waals surface area (Å²) in [6, 6.07) is 23.9. The minimum Gasteiger partial charge on any atom is -0.536 e. The Hall–Kier alpha value is -2.88. The van der Waals surface area contributed by atoms with Gasteiger partial charge in [-0.2, -0.15) is 0 Å². The topological polar surface area (TPSA) is 21.7 Å². The van der Waals surface area contributed by atoms with Gasteiger partial charge in [0.05, 0.1) is 0 Å². The number of hydrogen-bond acceptors (Lipinski definition) is 3. The lowest BCUT2D eigenvalue weighted by molar-refractivity contribution is -0.0311. The standard InChI is InChI=1S/C33H42BNO2/c1-22(2)26-13-12-14-27(23(3)4)30(26)35-32(8,9)21-31(6,7)33(25-19-17-24(5)18-20-25)34(35)37-29-16-11-10-15-28(29)36-33/h10-20,22-23H,21H2,1-9H3/t33-/m0/s1. The first-order valence-corrected chi connectivity index (χ1v) is 13.8. The molecule has 194 valence electrons. The second kappa shape index (κ2) is 8.86. The van der Waals surface area contributed by atoms with Crippen molar-refractivity contribution in [3.63, 3.8) is 0 Å². The number of rotatable bonds is 4. The van der Waals surface area contributed by atoms with E-state index in [2.05, 4.69) is 110 Å². The van der Waals surface area contributed by atoms with Gasteiger partial charge in [0, 0.05) is 16.6 Å². The summed E-state index contributed by atoms with van der Waals surface area (Å²) in [6.45, 7) is 20.8. The molecule has 5 rings (SSSR count). The molecule has 0 unspecified atom stereocenters. The summed E-state index contributed by atoms with van der Waals surface area (Å²) >= 11 is 0. The second-order valence-corrected chi connectivity index (χ2v) is 13.0. The van der Waals surface area contributed by atoms with Crippen LogP contribution >= 0.6 is 0 Å². The van der Waals surface area contributed by atoms with Crippen LogP contribution in [-0.2, 0) is 5.50 Å². The van der Waals surface area contributed by atoms with Crippen molar-refractivity contribution in [1.82, 2.24) is 0 Å². The zero-order valence-electron chi connectivity index (χ0n) is 24.1. The molecular formula is C33H42BNO2. The summed E-state index contributed by atoms with van der Waals surface area (Å²) in [5.41, 5.74) is 5.33. The number of benzene rings is 3. The Labute approximate surface area is 224 Å². The van der Waals surface area contributed by atoms with Crippen molar-refractivity contribution >= 4 is 12.7 Å². The van der Waals surface area contributed by atoms with Gasteiger partial charge < -0.3 is 14.2 Å². The second-order valence-electron chi connectivity index (χ2n) is 13.0. The van der Waals surface area contributed by atoms with E-state index in [1.165, 1.54) is 22.4 Å². The molecule has 0 radical (unpaired) electrons. The predicted molar refractivity (Wildman–Crippen MR) is 156 cm³/mol. The van der Waals surface area contributed by atoms with E-state index in [9.17, 15) is 0 Å². The fraction of sp³-hybridized carbons (Fsp3) is 0.455. The van der Waals surface area contributed by atoms with Crippen LogP contribution in [0.3, 0.4) is 0 Å². The van der Waals surface area contributed by atoms with Crippen molar-refractivity contribution in [2.75, 3.05) is 4.81 Å². The summed E-state index contributed by atoms with van der Waals surface area (Å²) in [4.78, 5) is 2.58. The average Bonchev–Trinajstić information content (AvgIpc) is 2.82. The largest absolute Gasteiger partial charge is 0.536 e. The van der Waals surface area contributed by atoms with E-state index in [1.54, 1.807) is 0 Å². The van der Waals surface area contributed by atoms with Crippen molar-refractivity contribution < 1.29 is 9.39 Å².